The summed E-state index contributed by atoms with van der Waals surface area (Å²) >= 11 is 0. The van der Waals surface area contributed by atoms with Crippen molar-refractivity contribution < 1.29 is 14.0 Å². The Morgan fingerprint density at radius 1 is 1.25 bits per heavy atom. The standard InChI is InChI=1S/C19H23FN6O2/c1-18(2)16(28)26(5)17(21)24-19(18,3)12-10-11(6-7-13(12)20)23-15(27)14-22-8-9-25(14)4/h6-10H,1-5H3,(H2,21,24)(H,23,27)/t19-/m1/s1. The zero-order valence-corrected chi connectivity index (χ0v) is 16.4. The lowest BCUT2D eigenvalue weighted by molar-refractivity contribution is -0.140. The molecule has 0 saturated carbocycles. The minimum atomic E-state index is -1.26. The predicted molar refractivity (Wildman–Crippen MR) is 103 cm³/mol. The molecule has 1 aromatic heterocycles. The maximum atomic E-state index is 14.8. The van der Waals surface area contributed by atoms with Gasteiger partial charge < -0.3 is 15.6 Å². The fourth-order valence-electron chi connectivity index (χ4n) is 3.32. The molecule has 1 aliphatic heterocycles. The van der Waals surface area contributed by atoms with Crippen LogP contribution >= 0.6 is 0 Å². The number of halogens is 1. The minimum Gasteiger partial charge on any atom is -0.369 e. The van der Waals surface area contributed by atoms with Crippen LogP contribution in [0.15, 0.2) is 35.6 Å². The summed E-state index contributed by atoms with van der Waals surface area (Å²) in [5.74, 6) is -1.02. The summed E-state index contributed by atoms with van der Waals surface area (Å²) in [4.78, 5) is 34.9. The summed E-state index contributed by atoms with van der Waals surface area (Å²) in [5, 5.41) is 2.70. The second-order valence-electron chi connectivity index (χ2n) is 7.54. The summed E-state index contributed by atoms with van der Waals surface area (Å²) in [6.07, 6.45) is 3.16. The van der Waals surface area contributed by atoms with E-state index in [4.69, 9.17) is 5.73 Å². The number of hydrogen-bond donors (Lipinski definition) is 2. The van der Waals surface area contributed by atoms with Crippen molar-refractivity contribution in [3.05, 3.63) is 47.8 Å². The number of carbonyl (C=O) groups excluding carboxylic acids is 2. The monoisotopic (exact) mass is 386 g/mol. The first kappa shape index (κ1) is 19.5. The van der Waals surface area contributed by atoms with E-state index in [0.29, 0.717) is 5.69 Å². The lowest BCUT2D eigenvalue weighted by atomic mass is 9.67. The lowest BCUT2D eigenvalue weighted by Crippen LogP contribution is -2.58. The van der Waals surface area contributed by atoms with Crippen LogP contribution in [-0.2, 0) is 17.4 Å². The fourth-order valence-corrected chi connectivity index (χ4v) is 3.32. The van der Waals surface area contributed by atoms with Crippen LogP contribution in [0, 0.1) is 11.2 Å². The van der Waals surface area contributed by atoms with Crippen molar-refractivity contribution in [1.82, 2.24) is 14.5 Å². The van der Waals surface area contributed by atoms with Gasteiger partial charge in [-0.3, -0.25) is 14.5 Å². The van der Waals surface area contributed by atoms with Crippen LogP contribution in [0.25, 0.3) is 0 Å². The van der Waals surface area contributed by atoms with Crippen molar-refractivity contribution >= 4 is 23.5 Å². The largest absolute Gasteiger partial charge is 0.369 e. The van der Waals surface area contributed by atoms with Gasteiger partial charge in [0, 0.05) is 37.7 Å². The number of nitrogens with two attached hydrogens (primary N) is 1. The molecule has 3 rings (SSSR count). The molecule has 2 heterocycles. The van der Waals surface area contributed by atoms with Crippen molar-refractivity contribution in [3.8, 4) is 0 Å². The molecule has 1 atom stereocenters. The SMILES string of the molecule is CN1C(=O)C(C)(C)[C@@](C)(c2cc(NC(=O)c3nccn3C)ccc2F)N=C1N. The molecule has 9 heteroatoms. The van der Waals surface area contributed by atoms with E-state index in [0.717, 1.165) is 0 Å². The second-order valence-corrected chi connectivity index (χ2v) is 7.54. The van der Waals surface area contributed by atoms with Crippen LogP contribution < -0.4 is 11.1 Å². The molecular formula is C19H23FN6O2. The Morgan fingerprint density at radius 3 is 2.54 bits per heavy atom. The number of carbonyl (C=O) groups is 2. The summed E-state index contributed by atoms with van der Waals surface area (Å²) in [5.41, 5.74) is 4.12. The Morgan fingerprint density at radius 2 is 1.93 bits per heavy atom. The zero-order chi connectivity index (χ0) is 20.9. The highest BCUT2D eigenvalue weighted by Crippen LogP contribution is 2.47. The second kappa shape index (κ2) is 6.43. The first-order valence-corrected chi connectivity index (χ1v) is 8.71. The Balaban J connectivity index is 2.05. The van der Waals surface area contributed by atoms with Gasteiger partial charge in [0.1, 0.15) is 11.4 Å². The number of hydrogen-bond acceptors (Lipinski definition) is 5. The molecule has 148 valence electrons. The first-order valence-electron chi connectivity index (χ1n) is 8.71. The van der Waals surface area contributed by atoms with Crippen molar-refractivity contribution in [3.63, 3.8) is 0 Å². The van der Waals surface area contributed by atoms with E-state index in [1.807, 2.05) is 0 Å². The van der Waals surface area contributed by atoms with Crippen LogP contribution in [0.5, 0.6) is 0 Å². The summed E-state index contributed by atoms with van der Waals surface area (Å²) in [6, 6.07) is 4.16. The molecule has 1 aromatic carbocycles. The van der Waals surface area contributed by atoms with Gasteiger partial charge in [0.2, 0.25) is 5.91 Å². The molecule has 0 spiro atoms. The number of rotatable bonds is 3. The Labute approximate surface area is 162 Å². The summed E-state index contributed by atoms with van der Waals surface area (Å²) in [7, 11) is 3.23. The number of aliphatic imine (C=N–C) groups is 1. The number of aryl methyl sites for hydroxylation is 1. The quantitative estimate of drug-likeness (QED) is 0.839. The van der Waals surface area contributed by atoms with Crippen LogP contribution in [0.2, 0.25) is 0 Å². The van der Waals surface area contributed by atoms with Gasteiger partial charge in [0.15, 0.2) is 11.8 Å². The maximum absolute atomic E-state index is 14.8. The lowest BCUT2D eigenvalue weighted by Gasteiger charge is -2.46. The molecule has 28 heavy (non-hydrogen) atoms. The molecule has 0 unspecified atom stereocenters. The number of nitrogens with one attached hydrogen (secondary N) is 1. The molecule has 2 aromatic rings. The predicted octanol–water partition coefficient (Wildman–Crippen LogP) is 1.84. The van der Waals surface area contributed by atoms with E-state index in [-0.39, 0.29) is 23.3 Å². The smallest absolute Gasteiger partial charge is 0.291 e. The summed E-state index contributed by atoms with van der Waals surface area (Å²) < 4.78 is 16.4. The average Bonchev–Trinajstić information content (AvgIpc) is 3.06. The molecule has 0 aliphatic carbocycles. The minimum absolute atomic E-state index is 0.00803. The van der Waals surface area contributed by atoms with E-state index in [9.17, 15) is 14.0 Å². The molecule has 2 amide bonds. The molecule has 0 fully saturated rings. The van der Waals surface area contributed by atoms with Crippen LogP contribution in [0.4, 0.5) is 10.1 Å². The zero-order valence-electron chi connectivity index (χ0n) is 16.4. The topological polar surface area (TPSA) is 106 Å². The van der Waals surface area contributed by atoms with Gasteiger partial charge in [0.25, 0.3) is 5.91 Å². The molecule has 0 radical (unpaired) electrons. The number of nitrogens with zero attached hydrogens (tertiary/aromatic N) is 4. The number of imidazole rings is 1. The van der Waals surface area contributed by atoms with Gasteiger partial charge in [-0.2, -0.15) is 0 Å². The van der Waals surface area contributed by atoms with Gasteiger partial charge in [-0.1, -0.05) is 0 Å². The summed E-state index contributed by atoms with van der Waals surface area (Å²) in [6.45, 7) is 5.05. The highest BCUT2D eigenvalue weighted by atomic mass is 19.1. The third-order valence-electron chi connectivity index (χ3n) is 5.51. The normalized spacial score (nSPS) is 21.4. The Kier molecular flexibility index (Phi) is 4.49. The number of anilines is 1. The van der Waals surface area contributed by atoms with Crippen molar-refractivity contribution in [1.29, 1.82) is 0 Å². The molecule has 3 N–H and O–H groups in total. The highest BCUT2D eigenvalue weighted by Gasteiger charge is 2.53. The molecule has 1 aliphatic rings. The molecular weight excluding hydrogens is 363 g/mol. The fraction of sp³-hybridized carbons (Fsp3) is 0.368. The van der Waals surface area contributed by atoms with Gasteiger partial charge in [-0.05, 0) is 39.0 Å². The van der Waals surface area contributed by atoms with Crippen molar-refractivity contribution in [2.45, 2.75) is 26.3 Å². The number of aromatic nitrogens is 2. The van der Waals surface area contributed by atoms with E-state index in [1.165, 1.54) is 36.3 Å². The maximum Gasteiger partial charge on any atom is 0.291 e. The van der Waals surface area contributed by atoms with Crippen LogP contribution in [-0.4, -0.2) is 39.3 Å². The average molecular weight is 386 g/mol. The highest BCUT2D eigenvalue weighted by molar-refractivity contribution is 6.03. The first-order chi connectivity index (χ1) is 13.0. The molecule has 8 nitrogen and oxygen atoms in total. The molecule has 0 bridgehead atoms. The number of guanidine groups is 1. The van der Waals surface area contributed by atoms with Gasteiger partial charge in [0.05, 0.1) is 5.41 Å². The van der Waals surface area contributed by atoms with E-state index in [1.54, 1.807) is 38.6 Å². The van der Waals surface area contributed by atoms with Gasteiger partial charge in [-0.15, -0.1) is 0 Å². The van der Waals surface area contributed by atoms with Gasteiger partial charge in [-0.25, -0.2) is 14.4 Å². The van der Waals surface area contributed by atoms with Crippen LogP contribution in [0.3, 0.4) is 0 Å². The van der Waals surface area contributed by atoms with Crippen molar-refractivity contribution in [2.24, 2.45) is 23.2 Å². The van der Waals surface area contributed by atoms with Crippen molar-refractivity contribution in [2.75, 3.05) is 12.4 Å². The van der Waals surface area contributed by atoms with Crippen LogP contribution in [0.1, 0.15) is 37.0 Å². The number of benzene rings is 1. The van der Waals surface area contributed by atoms with E-state index >= 15 is 0 Å². The van der Waals surface area contributed by atoms with Gasteiger partial charge >= 0.3 is 0 Å². The third-order valence-corrected chi connectivity index (χ3v) is 5.51. The Bertz CT molecular complexity index is 996. The Hall–Kier alpha value is -3.23. The molecule has 0 saturated heterocycles. The third kappa shape index (κ3) is 2.83. The van der Waals surface area contributed by atoms with E-state index < -0.39 is 22.7 Å². The van der Waals surface area contributed by atoms with E-state index in [2.05, 4.69) is 15.3 Å². The number of amides is 2.